The van der Waals surface area contributed by atoms with Gasteiger partial charge in [-0.05, 0) is 46.4 Å². The van der Waals surface area contributed by atoms with E-state index in [-0.39, 0.29) is 5.91 Å². The Morgan fingerprint density at radius 1 is 1.05 bits per heavy atom. The number of carbonyl (C=O) groups is 2. The molecular weight excluding hydrogens is 379 g/mol. The van der Waals surface area contributed by atoms with Crippen LogP contribution in [0.1, 0.15) is 15.9 Å². The van der Waals surface area contributed by atoms with Crippen LogP contribution in [0.25, 0.3) is 0 Å². The molecule has 108 valence electrons. The highest BCUT2D eigenvalue weighted by molar-refractivity contribution is 14.1. The summed E-state index contributed by atoms with van der Waals surface area (Å²) in [4.78, 5) is 23.7. The third-order valence-electron chi connectivity index (χ3n) is 3.07. The van der Waals surface area contributed by atoms with Crippen molar-refractivity contribution in [3.8, 4) is 0 Å². The van der Waals surface area contributed by atoms with Crippen LogP contribution in [0, 0.1) is 3.57 Å². The minimum absolute atomic E-state index is 0.301. The first kappa shape index (κ1) is 15.5. The summed E-state index contributed by atoms with van der Waals surface area (Å²) in [5.74, 6) is -0.843. The molecule has 0 aromatic heterocycles. The molecule has 0 aliphatic carbocycles. The lowest BCUT2D eigenvalue weighted by Gasteiger charge is -2.16. The van der Waals surface area contributed by atoms with Gasteiger partial charge in [-0.25, -0.2) is 0 Å². The fraction of sp³-hybridized carbons (Fsp3) is 0.125. The summed E-state index contributed by atoms with van der Waals surface area (Å²) < 4.78 is 1.04. The number of amides is 2. The van der Waals surface area contributed by atoms with Gasteiger partial charge in [-0.15, -0.1) is 0 Å². The fourth-order valence-corrected chi connectivity index (χ4v) is 2.55. The standard InChI is InChI=1S/C16H15IN2O2/c17-13-9-5-4-8-12(13)10-14(15(18)20)19-16(21)11-6-2-1-3-7-11/h1-9,14H,10H2,(H2,18,20)(H,19,21)/t14-/m0/s1. The van der Waals surface area contributed by atoms with Crippen molar-refractivity contribution in [2.24, 2.45) is 5.73 Å². The van der Waals surface area contributed by atoms with Gasteiger partial charge in [0, 0.05) is 15.6 Å². The predicted octanol–water partition coefficient (Wildman–Crippen LogP) is 2.12. The van der Waals surface area contributed by atoms with Gasteiger partial charge in [-0.1, -0.05) is 36.4 Å². The quantitative estimate of drug-likeness (QED) is 0.763. The van der Waals surface area contributed by atoms with Gasteiger partial charge in [0.15, 0.2) is 0 Å². The van der Waals surface area contributed by atoms with Gasteiger partial charge in [-0.3, -0.25) is 9.59 Å². The number of hydrogen-bond donors (Lipinski definition) is 2. The Labute approximate surface area is 136 Å². The van der Waals surface area contributed by atoms with E-state index in [1.165, 1.54) is 0 Å². The first-order valence-corrected chi connectivity index (χ1v) is 7.54. The molecule has 0 fully saturated rings. The lowest BCUT2D eigenvalue weighted by atomic mass is 10.0. The van der Waals surface area contributed by atoms with Crippen LogP contribution in [0.2, 0.25) is 0 Å². The average molecular weight is 394 g/mol. The Bertz CT molecular complexity index is 644. The van der Waals surface area contributed by atoms with Crippen LogP contribution >= 0.6 is 22.6 Å². The maximum Gasteiger partial charge on any atom is 0.251 e. The SMILES string of the molecule is NC(=O)[C@H](Cc1ccccc1I)NC(=O)c1ccccc1. The molecule has 0 bridgehead atoms. The molecule has 4 nitrogen and oxygen atoms in total. The Morgan fingerprint density at radius 2 is 1.67 bits per heavy atom. The maximum atomic E-state index is 12.1. The number of nitrogens with two attached hydrogens (primary N) is 1. The molecule has 0 spiro atoms. The Hall–Kier alpha value is -1.89. The minimum Gasteiger partial charge on any atom is -0.368 e. The summed E-state index contributed by atoms with van der Waals surface area (Å²) in [6.45, 7) is 0. The lowest BCUT2D eigenvalue weighted by molar-refractivity contribution is -0.119. The van der Waals surface area contributed by atoms with Crippen molar-refractivity contribution in [3.05, 3.63) is 69.3 Å². The summed E-state index contributed by atoms with van der Waals surface area (Å²) in [6.07, 6.45) is 0.382. The summed E-state index contributed by atoms with van der Waals surface area (Å²) in [7, 11) is 0. The smallest absolute Gasteiger partial charge is 0.251 e. The van der Waals surface area contributed by atoms with Gasteiger partial charge in [0.1, 0.15) is 6.04 Å². The number of rotatable bonds is 5. The van der Waals surface area contributed by atoms with E-state index in [2.05, 4.69) is 27.9 Å². The molecule has 2 rings (SSSR count). The van der Waals surface area contributed by atoms with Crippen molar-refractivity contribution in [1.29, 1.82) is 0 Å². The van der Waals surface area contributed by atoms with Crippen LogP contribution in [0.15, 0.2) is 54.6 Å². The number of carbonyl (C=O) groups excluding carboxylic acids is 2. The van der Waals surface area contributed by atoms with E-state index < -0.39 is 11.9 Å². The molecule has 1 atom stereocenters. The van der Waals surface area contributed by atoms with Crippen molar-refractivity contribution >= 4 is 34.4 Å². The summed E-state index contributed by atoms with van der Waals surface area (Å²) >= 11 is 2.20. The Kier molecular flexibility index (Phi) is 5.32. The van der Waals surface area contributed by atoms with E-state index in [1.54, 1.807) is 24.3 Å². The molecule has 0 saturated heterocycles. The predicted molar refractivity (Wildman–Crippen MR) is 89.8 cm³/mol. The van der Waals surface area contributed by atoms with Crippen LogP contribution in [0.3, 0.4) is 0 Å². The highest BCUT2D eigenvalue weighted by Crippen LogP contribution is 2.13. The molecule has 3 N–H and O–H groups in total. The third-order valence-corrected chi connectivity index (χ3v) is 4.12. The largest absolute Gasteiger partial charge is 0.368 e. The Balaban J connectivity index is 2.12. The molecule has 2 aromatic carbocycles. The van der Waals surface area contributed by atoms with Crippen LogP contribution in [0.5, 0.6) is 0 Å². The molecule has 0 heterocycles. The zero-order valence-electron chi connectivity index (χ0n) is 11.3. The van der Waals surface area contributed by atoms with Crippen LogP contribution in [0.4, 0.5) is 0 Å². The van der Waals surface area contributed by atoms with Crippen molar-refractivity contribution in [2.45, 2.75) is 12.5 Å². The second-order valence-corrected chi connectivity index (χ2v) is 5.75. The van der Waals surface area contributed by atoms with E-state index in [1.807, 2.05) is 30.3 Å². The van der Waals surface area contributed by atoms with Crippen molar-refractivity contribution in [1.82, 2.24) is 5.32 Å². The van der Waals surface area contributed by atoms with Gasteiger partial charge in [0.2, 0.25) is 5.91 Å². The minimum atomic E-state index is -0.728. The molecule has 0 radical (unpaired) electrons. The van der Waals surface area contributed by atoms with Gasteiger partial charge >= 0.3 is 0 Å². The molecule has 0 aliphatic rings. The van der Waals surface area contributed by atoms with Crippen molar-refractivity contribution in [3.63, 3.8) is 0 Å². The average Bonchev–Trinajstić information content (AvgIpc) is 2.49. The highest BCUT2D eigenvalue weighted by atomic mass is 127. The lowest BCUT2D eigenvalue weighted by Crippen LogP contribution is -2.46. The number of benzene rings is 2. The molecule has 5 heteroatoms. The number of hydrogen-bond acceptors (Lipinski definition) is 2. The molecule has 0 saturated carbocycles. The van der Waals surface area contributed by atoms with E-state index >= 15 is 0 Å². The van der Waals surface area contributed by atoms with E-state index in [4.69, 9.17) is 5.73 Å². The number of halogens is 1. The summed E-state index contributed by atoms with van der Waals surface area (Å²) in [6, 6.07) is 15.7. The molecule has 0 aliphatic heterocycles. The summed E-state index contributed by atoms with van der Waals surface area (Å²) in [5.41, 5.74) is 6.89. The normalized spacial score (nSPS) is 11.7. The maximum absolute atomic E-state index is 12.1. The first-order valence-electron chi connectivity index (χ1n) is 6.46. The topological polar surface area (TPSA) is 72.2 Å². The van der Waals surface area contributed by atoms with Crippen molar-refractivity contribution in [2.75, 3.05) is 0 Å². The van der Waals surface area contributed by atoms with Gasteiger partial charge in [0.25, 0.3) is 5.91 Å². The number of primary amides is 1. The third kappa shape index (κ3) is 4.29. The second-order valence-electron chi connectivity index (χ2n) is 4.59. The second kappa shape index (κ2) is 7.21. The number of nitrogens with one attached hydrogen (secondary N) is 1. The van der Waals surface area contributed by atoms with E-state index in [9.17, 15) is 9.59 Å². The molecule has 0 unspecified atom stereocenters. The van der Waals surface area contributed by atoms with E-state index in [0.717, 1.165) is 9.13 Å². The summed E-state index contributed by atoms with van der Waals surface area (Å²) in [5, 5.41) is 2.69. The molecule has 2 amide bonds. The molecule has 2 aromatic rings. The van der Waals surface area contributed by atoms with Crippen molar-refractivity contribution < 1.29 is 9.59 Å². The van der Waals surface area contributed by atoms with Crippen LogP contribution < -0.4 is 11.1 Å². The van der Waals surface area contributed by atoms with E-state index in [0.29, 0.717) is 12.0 Å². The van der Waals surface area contributed by atoms with Gasteiger partial charge in [0.05, 0.1) is 0 Å². The van der Waals surface area contributed by atoms with Crippen LogP contribution in [-0.4, -0.2) is 17.9 Å². The fourth-order valence-electron chi connectivity index (χ4n) is 1.94. The molecule has 21 heavy (non-hydrogen) atoms. The zero-order valence-corrected chi connectivity index (χ0v) is 13.4. The molecular formula is C16H15IN2O2. The monoisotopic (exact) mass is 394 g/mol. The first-order chi connectivity index (χ1) is 10.1. The van der Waals surface area contributed by atoms with Gasteiger partial charge in [-0.2, -0.15) is 0 Å². The zero-order chi connectivity index (χ0) is 15.2. The van der Waals surface area contributed by atoms with Gasteiger partial charge < -0.3 is 11.1 Å². The highest BCUT2D eigenvalue weighted by Gasteiger charge is 2.20. The van der Waals surface area contributed by atoms with Crippen LogP contribution in [-0.2, 0) is 11.2 Å². The Morgan fingerprint density at radius 3 is 2.29 bits per heavy atom.